The van der Waals surface area contributed by atoms with E-state index in [1.165, 1.54) is 16.8 Å². The van der Waals surface area contributed by atoms with Crippen molar-refractivity contribution in [2.24, 2.45) is 0 Å². The Hall–Kier alpha value is -1.69. The highest BCUT2D eigenvalue weighted by Crippen LogP contribution is 2.32. The molecule has 0 unspecified atom stereocenters. The second-order valence-electron chi connectivity index (χ2n) is 3.99. The topological polar surface area (TPSA) is 66.9 Å². The molecule has 0 atom stereocenters. The smallest absolute Gasteiger partial charge is 0.239 e. The van der Waals surface area contributed by atoms with Crippen LogP contribution in [0, 0.1) is 13.8 Å². The number of nitrogens with one attached hydrogen (secondary N) is 2. The van der Waals surface area contributed by atoms with Crippen LogP contribution in [0.25, 0.3) is 10.2 Å². The van der Waals surface area contributed by atoms with Crippen LogP contribution < -0.4 is 10.6 Å². The SMILES string of the molecule is CCNC(=O)CNc1ncnc2sc(C)c(C)c12. The fourth-order valence-electron chi connectivity index (χ4n) is 1.74. The molecule has 0 fully saturated rings. The number of hydrogen-bond acceptors (Lipinski definition) is 5. The highest BCUT2D eigenvalue weighted by atomic mass is 32.1. The van der Waals surface area contributed by atoms with Gasteiger partial charge in [0, 0.05) is 11.4 Å². The van der Waals surface area contributed by atoms with E-state index in [9.17, 15) is 4.79 Å². The van der Waals surface area contributed by atoms with Crippen LogP contribution >= 0.6 is 11.3 Å². The number of rotatable bonds is 4. The van der Waals surface area contributed by atoms with E-state index < -0.39 is 0 Å². The molecule has 0 aliphatic heterocycles. The van der Waals surface area contributed by atoms with Gasteiger partial charge in [0.25, 0.3) is 0 Å². The van der Waals surface area contributed by atoms with Crippen molar-refractivity contribution < 1.29 is 4.79 Å². The monoisotopic (exact) mass is 264 g/mol. The lowest BCUT2D eigenvalue weighted by molar-refractivity contribution is -0.119. The summed E-state index contributed by atoms with van der Waals surface area (Å²) in [7, 11) is 0. The van der Waals surface area contributed by atoms with E-state index in [1.807, 2.05) is 6.92 Å². The molecule has 2 aromatic rings. The van der Waals surface area contributed by atoms with Crippen LogP contribution in [0.4, 0.5) is 5.82 Å². The van der Waals surface area contributed by atoms with Crippen molar-refractivity contribution >= 4 is 33.3 Å². The summed E-state index contributed by atoms with van der Waals surface area (Å²) in [5, 5.41) is 6.83. The van der Waals surface area contributed by atoms with Gasteiger partial charge in [-0.3, -0.25) is 4.79 Å². The zero-order chi connectivity index (χ0) is 13.1. The van der Waals surface area contributed by atoms with Crippen LogP contribution in [-0.2, 0) is 4.79 Å². The van der Waals surface area contributed by atoms with Gasteiger partial charge >= 0.3 is 0 Å². The van der Waals surface area contributed by atoms with Crippen LogP contribution in [0.1, 0.15) is 17.4 Å². The number of amides is 1. The highest BCUT2D eigenvalue weighted by Gasteiger charge is 2.12. The van der Waals surface area contributed by atoms with Crippen molar-refractivity contribution in [1.82, 2.24) is 15.3 Å². The Balaban J connectivity index is 2.25. The molecule has 0 aliphatic carbocycles. The standard InChI is InChI=1S/C12H16N4OS/c1-4-13-9(17)5-14-11-10-7(2)8(3)18-12(10)16-6-15-11/h6H,4-5H2,1-3H3,(H,13,17)(H,14,15,16). The number of aryl methyl sites for hydroxylation is 2. The van der Waals surface area contributed by atoms with Crippen LogP contribution in [0.2, 0.25) is 0 Å². The van der Waals surface area contributed by atoms with Crippen molar-refractivity contribution in [3.05, 3.63) is 16.8 Å². The van der Waals surface area contributed by atoms with Crippen LogP contribution in [0.3, 0.4) is 0 Å². The van der Waals surface area contributed by atoms with Gasteiger partial charge in [-0.05, 0) is 26.3 Å². The van der Waals surface area contributed by atoms with E-state index in [0.29, 0.717) is 6.54 Å². The molecule has 0 aromatic carbocycles. The molecule has 0 radical (unpaired) electrons. The normalized spacial score (nSPS) is 10.6. The van der Waals surface area contributed by atoms with Crippen molar-refractivity contribution in [2.75, 3.05) is 18.4 Å². The summed E-state index contributed by atoms with van der Waals surface area (Å²) in [6, 6.07) is 0. The minimum Gasteiger partial charge on any atom is -0.360 e. The molecule has 5 nitrogen and oxygen atoms in total. The van der Waals surface area contributed by atoms with E-state index >= 15 is 0 Å². The molecule has 2 heterocycles. The van der Waals surface area contributed by atoms with Crippen LogP contribution in [-0.4, -0.2) is 29.0 Å². The lowest BCUT2D eigenvalue weighted by Gasteiger charge is -2.07. The first-order valence-electron chi connectivity index (χ1n) is 5.84. The summed E-state index contributed by atoms with van der Waals surface area (Å²) in [5.74, 6) is 0.696. The maximum atomic E-state index is 11.4. The van der Waals surface area contributed by atoms with Gasteiger partial charge in [-0.2, -0.15) is 0 Å². The molecule has 96 valence electrons. The van der Waals surface area contributed by atoms with E-state index in [4.69, 9.17) is 0 Å². The number of thiophene rings is 1. The van der Waals surface area contributed by atoms with Crippen molar-refractivity contribution in [2.45, 2.75) is 20.8 Å². The largest absolute Gasteiger partial charge is 0.360 e. The lowest BCUT2D eigenvalue weighted by atomic mass is 10.2. The number of carbonyl (C=O) groups excluding carboxylic acids is 1. The molecule has 2 rings (SSSR count). The average molecular weight is 264 g/mol. The Bertz CT molecular complexity index is 579. The Kier molecular flexibility index (Phi) is 3.76. The summed E-state index contributed by atoms with van der Waals surface area (Å²) >= 11 is 1.65. The first-order valence-corrected chi connectivity index (χ1v) is 6.66. The molecule has 0 saturated carbocycles. The second kappa shape index (κ2) is 5.30. The molecular formula is C12H16N4OS. The van der Waals surface area contributed by atoms with Gasteiger partial charge in [0.05, 0.1) is 11.9 Å². The predicted octanol–water partition coefficient (Wildman–Crippen LogP) is 1.86. The second-order valence-corrected chi connectivity index (χ2v) is 5.20. The minimum absolute atomic E-state index is 0.0335. The van der Waals surface area contributed by atoms with Crippen molar-refractivity contribution in [3.63, 3.8) is 0 Å². The summed E-state index contributed by atoms with van der Waals surface area (Å²) in [5.41, 5.74) is 1.17. The zero-order valence-corrected chi connectivity index (χ0v) is 11.5. The molecule has 18 heavy (non-hydrogen) atoms. The molecule has 6 heteroatoms. The average Bonchev–Trinajstić information content (AvgIpc) is 2.64. The molecule has 0 aliphatic rings. The van der Waals surface area contributed by atoms with E-state index in [0.717, 1.165) is 16.0 Å². The number of carbonyl (C=O) groups is 1. The quantitative estimate of drug-likeness (QED) is 0.884. The minimum atomic E-state index is -0.0335. The lowest BCUT2D eigenvalue weighted by Crippen LogP contribution is -2.29. The molecule has 2 N–H and O–H groups in total. The molecule has 0 saturated heterocycles. The molecule has 0 bridgehead atoms. The fourth-order valence-corrected chi connectivity index (χ4v) is 2.74. The predicted molar refractivity (Wildman–Crippen MR) is 74.1 cm³/mol. The number of fused-ring (bicyclic) bond motifs is 1. The van der Waals surface area contributed by atoms with Gasteiger partial charge in [0.1, 0.15) is 17.0 Å². The van der Waals surface area contributed by atoms with Gasteiger partial charge in [-0.1, -0.05) is 0 Å². The van der Waals surface area contributed by atoms with E-state index in [-0.39, 0.29) is 12.5 Å². The third kappa shape index (κ3) is 2.43. The van der Waals surface area contributed by atoms with Gasteiger partial charge in [-0.15, -0.1) is 11.3 Å². The Morgan fingerprint density at radius 2 is 2.17 bits per heavy atom. The summed E-state index contributed by atoms with van der Waals surface area (Å²) in [6.07, 6.45) is 1.53. The first-order chi connectivity index (χ1) is 8.63. The number of aromatic nitrogens is 2. The summed E-state index contributed by atoms with van der Waals surface area (Å²) in [6.45, 7) is 6.88. The summed E-state index contributed by atoms with van der Waals surface area (Å²) in [4.78, 5) is 22.1. The number of hydrogen-bond donors (Lipinski definition) is 2. The number of nitrogens with zero attached hydrogens (tertiary/aromatic N) is 2. The van der Waals surface area contributed by atoms with E-state index in [2.05, 4.69) is 34.4 Å². The molecule has 2 aromatic heterocycles. The third-order valence-electron chi connectivity index (χ3n) is 2.76. The van der Waals surface area contributed by atoms with Gasteiger partial charge in [-0.25, -0.2) is 9.97 Å². The van der Waals surface area contributed by atoms with Gasteiger partial charge in [0.15, 0.2) is 0 Å². The number of anilines is 1. The van der Waals surface area contributed by atoms with Crippen molar-refractivity contribution in [1.29, 1.82) is 0 Å². The zero-order valence-electron chi connectivity index (χ0n) is 10.7. The van der Waals surface area contributed by atoms with E-state index in [1.54, 1.807) is 11.3 Å². The Labute approximate surface area is 110 Å². The first kappa shape index (κ1) is 12.8. The van der Waals surface area contributed by atoms with Crippen LogP contribution in [0.5, 0.6) is 0 Å². The third-order valence-corrected chi connectivity index (χ3v) is 3.87. The summed E-state index contributed by atoms with van der Waals surface area (Å²) < 4.78 is 0. The number of likely N-dealkylation sites (N-methyl/N-ethyl adjacent to an activating group) is 1. The highest BCUT2D eigenvalue weighted by molar-refractivity contribution is 7.18. The molecular weight excluding hydrogens is 248 g/mol. The Morgan fingerprint density at radius 3 is 2.89 bits per heavy atom. The van der Waals surface area contributed by atoms with Crippen LogP contribution in [0.15, 0.2) is 6.33 Å². The maximum Gasteiger partial charge on any atom is 0.239 e. The molecule has 0 spiro atoms. The van der Waals surface area contributed by atoms with Gasteiger partial charge in [0.2, 0.25) is 5.91 Å². The molecule has 1 amide bonds. The Morgan fingerprint density at radius 1 is 1.39 bits per heavy atom. The maximum absolute atomic E-state index is 11.4. The van der Waals surface area contributed by atoms with Crippen molar-refractivity contribution in [3.8, 4) is 0 Å². The fraction of sp³-hybridized carbons (Fsp3) is 0.417. The van der Waals surface area contributed by atoms with Gasteiger partial charge < -0.3 is 10.6 Å².